The van der Waals surface area contributed by atoms with Gasteiger partial charge >= 0.3 is 0 Å². The molecule has 104 valence electrons. The molecule has 1 atom stereocenters. The zero-order chi connectivity index (χ0) is 13.8. The van der Waals surface area contributed by atoms with E-state index in [4.69, 9.17) is 0 Å². The van der Waals surface area contributed by atoms with Crippen molar-refractivity contribution in [3.63, 3.8) is 0 Å². The predicted octanol–water partition coefficient (Wildman–Crippen LogP) is 2.48. The number of likely N-dealkylation sites (tertiary alicyclic amines) is 1. The highest BCUT2D eigenvalue weighted by atomic mass is 16.2. The fourth-order valence-corrected chi connectivity index (χ4v) is 2.69. The van der Waals surface area contributed by atoms with E-state index in [9.17, 15) is 4.79 Å². The molecule has 0 saturated carbocycles. The van der Waals surface area contributed by atoms with Gasteiger partial charge in [-0.1, -0.05) is 43.7 Å². The molecule has 1 heterocycles. The molecule has 3 nitrogen and oxygen atoms in total. The van der Waals surface area contributed by atoms with Crippen LogP contribution in [0.3, 0.4) is 0 Å². The van der Waals surface area contributed by atoms with Crippen LogP contribution in [0.1, 0.15) is 37.8 Å². The van der Waals surface area contributed by atoms with E-state index in [-0.39, 0.29) is 11.9 Å². The Kier molecular flexibility index (Phi) is 4.59. The minimum absolute atomic E-state index is 0.00133. The van der Waals surface area contributed by atoms with Crippen LogP contribution in [-0.4, -0.2) is 29.4 Å². The number of hydrogen-bond donors (Lipinski definition) is 1. The van der Waals surface area contributed by atoms with E-state index in [2.05, 4.69) is 50.4 Å². The number of amides is 1. The maximum Gasteiger partial charge on any atom is 0.240 e. The average Bonchev–Trinajstić information content (AvgIpc) is 2.34. The quantitative estimate of drug-likeness (QED) is 0.902. The first-order valence-electron chi connectivity index (χ1n) is 7.16. The van der Waals surface area contributed by atoms with Crippen LogP contribution >= 0.6 is 0 Å². The topological polar surface area (TPSA) is 32.3 Å². The van der Waals surface area contributed by atoms with Crippen molar-refractivity contribution in [2.24, 2.45) is 0 Å². The molecule has 0 aromatic heterocycles. The van der Waals surface area contributed by atoms with Crippen LogP contribution in [0.15, 0.2) is 24.3 Å². The second-order valence-corrected chi connectivity index (χ2v) is 5.77. The minimum Gasteiger partial charge on any atom is -0.337 e. The normalized spacial score (nSPS) is 20.1. The van der Waals surface area contributed by atoms with Crippen molar-refractivity contribution in [1.82, 2.24) is 10.2 Å². The van der Waals surface area contributed by atoms with E-state index >= 15 is 0 Å². The van der Waals surface area contributed by atoms with Gasteiger partial charge in [0.25, 0.3) is 0 Å². The molecule has 1 aliphatic heterocycles. The molecule has 1 amide bonds. The molecule has 1 aromatic carbocycles. The van der Waals surface area contributed by atoms with Gasteiger partial charge in [0.05, 0.1) is 6.04 Å². The molecular formula is C16H24N2O. The highest BCUT2D eigenvalue weighted by Crippen LogP contribution is 2.16. The van der Waals surface area contributed by atoms with Crippen LogP contribution in [0.5, 0.6) is 0 Å². The molecule has 1 aliphatic rings. The number of nitrogens with zero attached hydrogens (tertiary/aromatic N) is 1. The molecule has 0 radical (unpaired) electrons. The van der Waals surface area contributed by atoms with Crippen LogP contribution in [0, 0.1) is 6.92 Å². The summed E-state index contributed by atoms with van der Waals surface area (Å²) in [7, 11) is 0. The number of rotatable bonds is 4. The summed E-state index contributed by atoms with van der Waals surface area (Å²) in [5, 5.41) is 3.37. The molecule has 1 fully saturated rings. The SMILES string of the molecule is Cc1cccc(CN2CCCC(NC(C)C)C2=O)c1. The standard InChI is InChI=1S/C16H24N2O/c1-12(2)17-15-8-5-9-18(16(15)19)11-14-7-4-6-13(3)10-14/h4,6-7,10,12,15,17H,5,8-9,11H2,1-3H3. The molecular weight excluding hydrogens is 236 g/mol. The van der Waals surface area contributed by atoms with Crippen LogP contribution < -0.4 is 5.32 Å². The van der Waals surface area contributed by atoms with Gasteiger partial charge in [-0.2, -0.15) is 0 Å². The fourth-order valence-electron chi connectivity index (χ4n) is 2.69. The largest absolute Gasteiger partial charge is 0.337 e. The van der Waals surface area contributed by atoms with Crippen LogP contribution in [0.4, 0.5) is 0 Å². The van der Waals surface area contributed by atoms with E-state index in [1.165, 1.54) is 11.1 Å². The second kappa shape index (κ2) is 6.20. The highest BCUT2D eigenvalue weighted by Gasteiger charge is 2.28. The lowest BCUT2D eigenvalue weighted by atomic mass is 10.0. The van der Waals surface area contributed by atoms with Crippen molar-refractivity contribution in [3.05, 3.63) is 35.4 Å². The number of aryl methyl sites for hydroxylation is 1. The predicted molar refractivity (Wildman–Crippen MR) is 77.9 cm³/mol. The fraction of sp³-hybridized carbons (Fsp3) is 0.562. The first kappa shape index (κ1) is 14.1. The Labute approximate surface area is 116 Å². The zero-order valence-corrected chi connectivity index (χ0v) is 12.1. The molecule has 3 heteroatoms. The third-order valence-electron chi connectivity index (χ3n) is 3.52. The number of benzene rings is 1. The Balaban J connectivity index is 2.01. The third kappa shape index (κ3) is 3.80. The summed E-state index contributed by atoms with van der Waals surface area (Å²) in [6.07, 6.45) is 2.04. The summed E-state index contributed by atoms with van der Waals surface area (Å²) >= 11 is 0. The lowest BCUT2D eigenvalue weighted by Crippen LogP contribution is -2.51. The number of carbonyl (C=O) groups is 1. The highest BCUT2D eigenvalue weighted by molar-refractivity contribution is 5.82. The van der Waals surface area contributed by atoms with E-state index in [0.717, 1.165) is 25.9 Å². The van der Waals surface area contributed by atoms with E-state index in [0.29, 0.717) is 6.04 Å². The molecule has 19 heavy (non-hydrogen) atoms. The van der Waals surface area contributed by atoms with Gasteiger partial charge < -0.3 is 10.2 Å². The summed E-state index contributed by atoms with van der Waals surface area (Å²) in [6, 6.07) is 8.76. The first-order chi connectivity index (χ1) is 9.06. The summed E-state index contributed by atoms with van der Waals surface area (Å²) in [5.41, 5.74) is 2.47. The molecule has 0 bridgehead atoms. The molecule has 1 N–H and O–H groups in total. The lowest BCUT2D eigenvalue weighted by Gasteiger charge is -2.33. The Morgan fingerprint density at radius 2 is 2.21 bits per heavy atom. The first-order valence-corrected chi connectivity index (χ1v) is 7.16. The van der Waals surface area contributed by atoms with Crippen molar-refractivity contribution in [3.8, 4) is 0 Å². The van der Waals surface area contributed by atoms with Crippen molar-refractivity contribution >= 4 is 5.91 Å². The molecule has 0 spiro atoms. The van der Waals surface area contributed by atoms with Gasteiger partial charge in [-0.25, -0.2) is 0 Å². The lowest BCUT2D eigenvalue weighted by molar-refractivity contribution is -0.136. The van der Waals surface area contributed by atoms with Crippen molar-refractivity contribution in [1.29, 1.82) is 0 Å². The zero-order valence-electron chi connectivity index (χ0n) is 12.1. The van der Waals surface area contributed by atoms with Gasteiger partial charge in [-0.05, 0) is 25.3 Å². The van der Waals surface area contributed by atoms with Gasteiger partial charge in [0.1, 0.15) is 0 Å². The molecule has 1 aromatic rings. The number of carbonyl (C=O) groups excluding carboxylic acids is 1. The second-order valence-electron chi connectivity index (χ2n) is 5.77. The maximum absolute atomic E-state index is 12.4. The maximum atomic E-state index is 12.4. The summed E-state index contributed by atoms with van der Waals surface area (Å²) in [5.74, 6) is 0.251. The van der Waals surface area contributed by atoms with Gasteiger partial charge in [-0.3, -0.25) is 4.79 Å². The van der Waals surface area contributed by atoms with E-state index in [1.54, 1.807) is 0 Å². The average molecular weight is 260 g/mol. The minimum atomic E-state index is -0.00133. The third-order valence-corrected chi connectivity index (χ3v) is 3.52. The van der Waals surface area contributed by atoms with Gasteiger partial charge in [0.15, 0.2) is 0 Å². The van der Waals surface area contributed by atoms with Crippen molar-refractivity contribution in [2.45, 2.75) is 52.2 Å². The Bertz CT molecular complexity index is 442. The Morgan fingerprint density at radius 1 is 1.42 bits per heavy atom. The monoisotopic (exact) mass is 260 g/mol. The summed E-state index contributed by atoms with van der Waals surface area (Å²) < 4.78 is 0. The van der Waals surface area contributed by atoms with Gasteiger partial charge in [0.2, 0.25) is 5.91 Å². The number of hydrogen-bond acceptors (Lipinski definition) is 2. The number of nitrogens with one attached hydrogen (secondary N) is 1. The molecule has 1 saturated heterocycles. The van der Waals surface area contributed by atoms with Crippen LogP contribution in [0.25, 0.3) is 0 Å². The van der Waals surface area contributed by atoms with Gasteiger partial charge in [-0.15, -0.1) is 0 Å². The number of piperidine rings is 1. The van der Waals surface area contributed by atoms with E-state index in [1.807, 2.05) is 4.90 Å². The summed E-state index contributed by atoms with van der Waals surface area (Å²) in [4.78, 5) is 14.4. The molecule has 2 rings (SSSR count). The van der Waals surface area contributed by atoms with Crippen molar-refractivity contribution < 1.29 is 4.79 Å². The Morgan fingerprint density at radius 3 is 2.89 bits per heavy atom. The van der Waals surface area contributed by atoms with Crippen LogP contribution in [0.2, 0.25) is 0 Å². The summed E-state index contributed by atoms with van der Waals surface area (Å²) in [6.45, 7) is 7.88. The Hall–Kier alpha value is -1.35. The van der Waals surface area contributed by atoms with Crippen LogP contribution in [-0.2, 0) is 11.3 Å². The van der Waals surface area contributed by atoms with E-state index < -0.39 is 0 Å². The molecule has 0 aliphatic carbocycles. The smallest absolute Gasteiger partial charge is 0.240 e. The van der Waals surface area contributed by atoms with Gasteiger partial charge in [0, 0.05) is 19.1 Å². The molecule has 1 unspecified atom stereocenters. The van der Waals surface area contributed by atoms with Crippen molar-refractivity contribution in [2.75, 3.05) is 6.54 Å².